The third-order valence-corrected chi connectivity index (χ3v) is 5.27. The molecule has 2 rings (SSSR count). The van der Waals surface area contributed by atoms with Gasteiger partial charge in [-0.25, -0.2) is 13.6 Å². The van der Waals surface area contributed by atoms with E-state index >= 15 is 0 Å². The number of amides is 1. The first kappa shape index (κ1) is 16.9. The van der Waals surface area contributed by atoms with Crippen LogP contribution >= 0.6 is 0 Å². The summed E-state index contributed by atoms with van der Waals surface area (Å²) >= 11 is 0. The van der Waals surface area contributed by atoms with E-state index in [9.17, 15) is 13.2 Å². The van der Waals surface area contributed by atoms with Crippen LogP contribution in [0.25, 0.3) is 0 Å². The summed E-state index contributed by atoms with van der Waals surface area (Å²) in [5.74, 6) is -0.00415. The molecule has 6 nitrogen and oxygen atoms in total. The number of hydrogen-bond acceptors (Lipinski definition) is 4. The molecule has 1 amide bonds. The Morgan fingerprint density at radius 1 is 1.41 bits per heavy atom. The molecule has 7 heteroatoms. The van der Waals surface area contributed by atoms with Crippen LogP contribution in [-0.4, -0.2) is 26.4 Å². The second-order valence-electron chi connectivity index (χ2n) is 5.78. The smallest absolute Gasteiger partial charge is 0.240 e. The summed E-state index contributed by atoms with van der Waals surface area (Å²) in [4.78, 5) is 12.6. The maximum Gasteiger partial charge on any atom is 0.240 e. The van der Waals surface area contributed by atoms with E-state index in [0.717, 1.165) is 31.4 Å². The number of nitrogens with two attached hydrogens (primary N) is 1. The van der Waals surface area contributed by atoms with Gasteiger partial charge < -0.3 is 10.6 Å². The van der Waals surface area contributed by atoms with Crippen LogP contribution in [-0.2, 0) is 14.8 Å². The minimum absolute atomic E-state index is 0.00415. The van der Waals surface area contributed by atoms with Crippen LogP contribution < -0.4 is 15.8 Å². The fourth-order valence-corrected chi connectivity index (χ4v) is 3.34. The van der Waals surface area contributed by atoms with Gasteiger partial charge in [0.15, 0.2) is 0 Å². The molecule has 0 saturated carbocycles. The summed E-state index contributed by atoms with van der Waals surface area (Å²) in [5.41, 5.74) is 0.361. The summed E-state index contributed by atoms with van der Waals surface area (Å²) in [6.07, 6.45) is 2.58. The lowest BCUT2D eigenvalue weighted by Gasteiger charge is -2.28. The first-order valence-electron chi connectivity index (χ1n) is 7.47. The number of hydrogen-bond donors (Lipinski definition) is 3. The molecule has 1 saturated heterocycles. The molecule has 1 fully saturated rings. The summed E-state index contributed by atoms with van der Waals surface area (Å²) < 4.78 is 22.5. The van der Waals surface area contributed by atoms with E-state index < -0.39 is 15.6 Å². The third-order valence-electron chi connectivity index (χ3n) is 4.34. The van der Waals surface area contributed by atoms with Gasteiger partial charge in [-0.3, -0.25) is 4.79 Å². The topological polar surface area (TPSA) is 101 Å². The van der Waals surface area contributed by atoms with Gasteiger partial charge >= 0.3 is 0 Å². The predicted octanol–water partition coefficient (Wildman–Crippen LogP) is 1.04. The monoisotopic (exact) mass is 325 g/mol. The van der Waals surface area contributed by atoms with Crippen molar-refractivity contribution in [1.82, 2.24) is 10.6 Å². The van der Waals surface area contributed by atoms with Gasteiger partial charge in [-0.15, -0.1) is 0 Å². The first-order chi connectivity index (χ1) is 10.3. The number of carbonyl (C=O) groups is 1. The third kappa shape index (κ3) is 3.48. The van der Waals surface area contributed by atoms with Crippen LogP contribution in [0.4, 0.5) is 0 Å². The lowest BCUT2D eigenvalue weighted by Crippen LogP contribution is -2.53. The van der Waals surface area contributed by atoms with Crippen LogP contribution in [0.2, 0.25) is 0 Å². The number of benzene rings is 1. The normalized spacial score (nSPS) is 23.2. The molecular weight excluding hydrogens is 302 g/mol. The molecule has 0 aromatic heterocycles. The largest absolute Gasteiger partial charge is 0.348 e. The van der Waals surface area contributed by atoms with E-state index in [1.165, 1.54) is 12.1 Å². The summed E-state index contributed by atoms with van der Waals surface area (Å²) in [5, 5.41) is 11.4. The Hall–Kier alpha value is -1.44. The summed E-state index contributed by atoms with van der Waals surface area (Å²) in [6.45, 7) is 4.74. The highest BCUT2D eigenvalue weighted by Crippen LogP contribution is 2.25. The Balaban J connectivity index is 2.09. The molecule has 2 atom stereocenters. The SMILES string of the molecule is CCC1(C(=O)NC(C)c2ccc(S(N)(=O)=O)cc2)CCCN1. The highest BCUT2D eigenvalue weighted by atomic mass is 32.2. The number of sulfonamides is 1. The van der Waals surface area contributed by atoms with Crippen molar-refractivity contribution in [3.05, 3.63) is 29.8 Å². The van der Waals surface area contributed by atoms with Gasteiger partial charge in [0, 0.05) is 0 Å². The van der Waals surface area contributed by atoms with Crippen molar-refractivity contribution in [3.8, 4) is 0 Å². The Bertz CT molecular complexity index is 635. The Morgan fingerprint density at radius 2 is 2.05 bits per heavy atom. The summed E-state index contributed by atoms with van der Waals surface area (Å²) in [7, 11) is -3.69. The van der Waals surface area contributed by atoms with Gasteiger partial charge in [0.2, 0.25) is 15.9 Å². The van der Waals surface area contributed by atoms with Crippen LogP contribution in [0, 0.1) is 0 Å². The first-order valence-corrected chi connectivity index (χ1v) is 9.02. The standard InChI is InChI=1S/C15H23N3O3S/c1-3-15(9-4-10-17-15)14(19)18-11(2)12-5-7-13(8-6-12)22(16,20)21/h5-8,11,17H,3-4,9-10H2,1-2H3,(H,18,19)(H2,16,20,21). The number of rotatable bonds is 5. The van der Waals surface area contributed by atoms with Gasteiger partial charge in [-0.05, 0) is 50.4 Å². The molecule has 0 aliphatic carbocycles. The van der Waals surface area contributed by atoms with Crippen molar-refractivity contribution in [2.24, 2.45) is 5.14 Å². The number of nitrogens with one attached hydrogen (secondary N) is 2. The quantitative estimate of drug-likeness (QED) is 0.753. The maximum absolute atomic E-state index is 12.5. The molecule has 1 heterocycles. The molecule has 1 aromatic carbocycles. The number of primary sulfonamides is 1. The predicted molar refractivity (Wildman–Crippen MR) is 84.6 cm³/mol. The van der Waals surface area contributed by atoms with Gasteiger partial charge in [0.1, 0.15) is 0 Å². The molecule has 22 heavy (non-hydrogen) atoms. The van der Waals surface area contributed by atoms with E-state index in [4.69, 9.17) is 5.14 Å². The van der Waals surface area contributed by atoms with Crippen LogP contribution in [0.1, 0.15) is 44.7 Å². The average Bonchev–Trinajstić information content (AvgIpc) is 2.96. The lowest BCUT2D eigenvalue weighted by atomic mass is 9.92. The van der Waals surface area contributed by atoms with Gasteiger partial charge in [-0.2, -0.15) is 0 Å². The molecule has 2 unspecified atom stereocenters. The van der Waals surface area contributed by atoms with Crippen molar-refractivity contribution in [3.63, 3.8) is 0 Å². The Morgan fingerprint density at radius 3 is 2.50 bits per heavy atom. The molecular formula is C15H23N3O3S. The van der Waals surface area contributed by atoms with E-state index in [1.54, 1.807) is 12.1 Å². The fraction of sp³-hybridized carbons (Fsp3) is 0.533. The molecule has 1 aliphatic heterocycles. The summed E-state index contributed by atoms with van der Waals surface area (Å²) in [6, 6.07) is 6.05. The molecule has 122 valence electrons. The van der Waals surface area contributed by atoms with Crippen molar-refractivity contribution >= 4 is 15.9 Å². The molecule has 0 spiro atoms. The van der Waals surface area contributed by atoms with Crippen LogP contribution in [0.15, 0.2) is 29.2 Å². The van der Waals surface area contributed by atoms with Gasteiger partial charge in [-0.1, -0.05) is 19.1 Å². The Labute approximate surface area is 131 Å². The molecule has 0 radical (unpaired) electrons. The zero-order valence-corrected chi connectivity index (χ0v) is 13.7. The molecule has 4 N–H and O–H groups in total. The van der Waals surface area contributed by atoms with E-state index in [2.05, 4.69) is 10.6 Å². The zero-order valence-electron chi connectivity index (χ0n) is 12.9. The molecule has 1 aromatic rings. The second-order valence-corrected chi connectivity index (χ2v) is 7.34. The number of carbonyl (C=O) groups excluding carboxylic acids is 1. The zero-order chi connectivity index (χ0) is 16.4. The second kappa shape index (κ2) is 6.36. The van der Waals surface area contributed by atoms with Gasteiger partial charge in [0.05, 0.1) is 16.5 Å². The van der Waals surface area contributed by atoms with E-state index in [0.29, 0.717) is 0 Å². The van der Waals surface area contributed by atoms with E-state index in [1.807, 2.05) is 13.8 Å². The van der Waals surface area contributed by atoms with Crippen LogP contribution in [0.3, 0.4) is 0 Å². The molecule has 1 aliphatic rings. The van der Waals surface area contributed by atoms with Crippen molar-refractivity contribution in [2.45, 2.75) is 49.6 Å². The highest BCUT2D eigenvalue weighted by Gasteiger charge is 2.39. The van der Waals surface area contributed by atoms with Crippen molar-refractivity contribution in [1.29, 1.82) is 0 Å². The average molecular weight is 325 g/mol. The fourth-order valence-electron chi connectivity index (χ4n) is 2.83. The van der Waals surface area contributed by atoms with Crippen LogP contribution in [0.5, 0.6) is 0 Å². The van der Waals surface area contributed by atoms with E-state index in [-0.39, 0.29) is 16.8 Å². The highest BCUT2D eigenvalue weighted by molar-refractivity contribution is 7.89. The minimum Gasteiger partial charge on any atom is -0.348 e. The van der Waals surface area contributed by atoms with Crippen molar-refractivity contribution < 1.29 is 13.2 Å². The lowest BCUT2D eigenvalue weighted by molar-refractivity contribution is -0.128. The molecule has 0 bridgehead atoms. The van der Waals surface area contributed by atoms with Crippen molar-refractivity contribution in [2.75, 3.05) is 6.54 Å². The minimum atomic E-state index is -3.69. The maximum atomic E-state index is 12.5. The van der Waals surface area contributed by atoms with Gasteiger partial charge in [0.25, 0.3) is 0 Å². The Kier molecular flexibility index (Phi) is 4.89.